The van der Waals surface area contributed by atoms with Gasteiger partial charge in [0.15, 0.2) is 5.92 Å². The van der Waals surface area contributed by atoms with Gasteiger partial charge in [0.2, 0.25) is 6.54 Å². The van der Waals surface area contributed by atoms with Gasteiger partial charge in [-0.3, -0.25) is 30.3 Å². The van der Waals surface area contributed by atoms with Gasteiger partial charge in [0.25, 0.3) is 0 Å². The smallest absolute Gasteiger partial charge is 0.468 e. The molecule has 0 fully saturated rings. The third-order valence-electron chi connectivity index (χ3n) is 3.54. The third kappa shape index (κ3) is 3.44. The number of hydrogen-bond donors (Lipinski definition) is 0. The molecule has 1 rings (SSSR count). The monoisotopic (exact) mass is 329 g/mol. The molecule has 0 spiro atoms. The third-order valence-corrected chi connectivity index (χ3v) is 3.54. The van der Waals surface area contributed by atoms with Crippen LogP contribution in [0.15, 0.2) is 18.2 Å². The van der Waals surface area contributed by atoms with Crippen molar-refractivity contribution >= 4 is 0 Å². The molecule has 11 heteroatoms. The fourth-order valence-electron chi connectivity index (χ4n) is 2.15. The Labute approximate surface area is 130 Å². The topological polar surface area (TPSA) is 148 Å². The minimum Gasteiger partial charge on any atom is -0.497 e. The lowest BCUT2D eigenvalue weighted by atomic mass is 9.86. The Morgan fingerprint density at radius 1 is 1.09 bits per heavy atom. The van der Waals surface area contributed by atoms with E-state index in [1.54, 1.807) is 0 Å². The fourth-order valence-corrected chi connectivity index (χ4v) is 2.15. The Bertz CT molecular complexity index is 619. The van der Waals surface area contributed by atoms with Crippen LogP contribution >= 0.6 is 0 Å². The van der Waals surface area contributed by atoms with Gasteiger partial charge in [0, 0.05) is 10.5 Å². The average molecular weight is 329 g/mol. The van der Waals surface area contributed by atoms with E-state index in [2.05, 4.69) is 0 Å². The molecular formula is C12H15N3O8. The number of benzene rings is 1. The van der Waals surface area contributed by atoms with Crippen molar-refractivity contribution in [2.45, 2.75) is 18.5 Å². The van der Waals surface area contributed by atoms with Crippen LogP contribution in [0, 0.1) is 30.3 Å². The molecule has 0 aliphatic rings. The van der Waals surface area contributed by atoms with Gasteiger partial charge in [0.1, 0.15) is 11.5 Å². The lowest BCUT2D eigenvalue weighted by Gasteiger charge is -2.22. The van der Waals surface area contributed by atoms with E-state index in [9.17, 15) is 30.3 Å². The molecular weight excluding hydrogens is 314 g/mol. The molecule has 126 valence electrons. The van der Waals surface area contributed by atoms with Crippen molar-refractivity contribution in [3.8, 4) is 11.5 Å². The zero-order chi connectivity index (χ0) is 17.8. The molecule has 0 heterocycles. The van der Waals surface area contributed by atoms with Crippen LogP contribution in [-0.2, 0) is 0 Å². The van der Waals surface area contributed by atoms with Gasteiger partial charge in [-0.05, 0) is 18.2 Å². The molecule has 1 aromatic carbocycles. The zero-order valence-corrected chi connectivity index (χ0v) is 12.6. The second-order valence-corrected chi connectivity index (χ2v) is 4.78. The molecule has 11 nitrogen and oxygen atoms in total. The molecule has 23 heavy (non-hydrogen) atoms. The number of hydrogen-bond acceptors (Lipinski definition) is 8. The minimum atomic E-state index is -2.80. The van der Waals surface area contributed by atoms with Crippen LogP contribution in [0.5, 0.6) is 11.5 Å². The van der Waals surface area contributed by atoms with Crippen LogP contribution in [0.1, 0.15) is 18.4 Å². The molecule has 0 saturated heterocycles. The maximum Gasteiger partial charge on any atom is 0.468 e. The van der Waals surface area contributed by atoms with Crippen LogP contribution < -0.4 is 9.47 Å². The fraction of sp³-hybridized carbons (Fsp3) is 0.500. The first-order valence-corrected chi connectivity index (χ1v) is 6.31. The van der Waals surface area contributed by atoms with Gasteiger partial charge >= 0.3 is 5.66 Å². The molecule has 0 amide bonds. The van der Waals surface area contributed by atoms with Crippen molar-refractivity contribution in [2.24, 2.45) is 0 Å². The lowest BCUT2D eigenvalue weighted by molar-refractivity contribution is -0.799. The molecule has 0 bridgehead atoms. The SMILES string of the molecule is COc1ccc(OC)c(C(C[N+](=O)[O-])C(C)([N+](=O)[O-])[N+](=O)[O-])c1. The lowest BCUT2D eigenvalue weighted by Crippen LogP contribution is -2.50. The molecule has 0 aromatic heterocycles. The summed E-state index contributed by atoms with van der Waals surface area (Å²) in [6.07, 6.45) is 0. The van der Waals surface area contributed by atoms with Crippen molar-refractivity contribution < 1.29 is 24.2 Å². The summed E-state index contributed by atoms with van der Waals surface area (Å²) in [6.45, 7) is -0.276. The Balaban J connectivity index is 3.62. The van der Waals surface area contributed by atoms with Gasteiger partial charge in [-0.1, -0.05) is 0 Å². The maximum absolute atomic E-state index is 11.3. The molecule has 0 saturated carbocycles. The highest BCUT2D eigenvalue weighted by Gasteiger charge is 2.61. The quantitative estimate of drug-likeness (QED) is 0.394. The number of nitrogens with zero attached hydrogens (tertiary/aromatic N) is 3. The first kappa shape index (κ1) is 18.1. The van der Waals surface area contributed by atoms with Crippen LogP contribution in [-0.4, -0.2) is 41.2 Å². The summed E-state index contributed by atoms with van der Waals surface area (Å²) in [6, 6.07) is 4.11. The zero-order valence-electron chi connectivity index (χ0n) is 12.6. The van der Waals surface area contributed by atoms with Crippen molar-refractivity contribution in [1.29, 1.82) is 0 Å². The number of ether oxygens (including phenoxy) is 2. The molecule has 1 aromatic rings. The summed E-state index contributed by atoms with van der Waals surface area (Å²) in [7, 11) is 2.58. The van der Waals surface area contributed by atoms with E-state index < -0.39 is 32.9 Å². The van der Waals surface area contributed by atoms with E-state index in [0.29, 0.717) is 0 Å². The Kier molecular flexibility index (Phi) is 5.38. The molecule has 0 aliphatic carbocycles. The Hall–Kier alpha value is -2.98. The molecule has 0 aliphatic heterocycles. The van der Waals surface area contributed by atoms with Crippen LogP contribution in [0.2, 0.25) is 0 Å². The van der Waals surface area contributed by atoms with E-state index in [0.717, 1.165) is 6.92 Å². The summed E-state index contributed by atoms with van der Waals surface area (Å²) in [5.74, 6) is -1.36. The highest BCUT2D eigenvalue weighted by Crippen LogP contribution is 2.38. The number of rotatable bonds is 8. The highest BCUT2D eigenvalue weighted by molar-refractivity contribution is 5.43. The summed E-state index contributed by atoms with van der Waals surface area (Å²) < 4.78 is 10.0. The molecule has 0 radical (unpaired) electrons. The van der Waals surface area contributed by atoms with Crippen LogP contribution in [0.4, 0.5) is 0 Å². The Morgan fingerprint density at radius 3 is 2.04 bits per heavy atom. The average Bonchev–Trinajstić information content (AvgIpc) is 2.50. The first-order valence-electron chi connectivity index (χ1n) is 6.31. The van der Waals surface area contributed by atoms with Crippen LogP contribution in [0.25, 0.3) is 0 Å². The van der Waals surface area contributed by atoms with Crippen molar-refractivity contribution in [3.05, 3.63) is 54.1 Å². The van der Waals surface area contributed by atoms with Gasteiger partial charge in [-0.15, -0.1) is 0 Å². The predicted octanol–water partition coefficient (Wildman–Crippen LogP) is 1.33. The number of nitro groups is 3. The maximum atomic E-state index is 11.3. The van der Waals surface area contributed by atoms with Gasteiger partial charge in [0.05, 0.1) is 31.0 Å². The summed E-state index contributed by atoms with van der Waals surface area (Å²) in [5.41, 5.74) is -2.84. The van der Waals surface area contributed by atoms with E-state index in [1.165, 1.54) is 32.4 Å². The number of methoxy groups -OCH3 is 2. The normalized spacial score (nSPS) is 12.3. The molecule has 0 N–H and O–H groups in total. The Morgan fingerprint density at radius 2 is 1.65 bits per heavy atom. The standard InChI is InChI=1S/C12H15N3O8/c1-12(14(18)19,15(20)21)10(7-13(16)17)9-6-8(22-2)4-5-11(9)23-3/h4-6,10H,7H2,1-3H3. The summed E-state index contributed by atoms with van der Waals surface area (Å²) in [5, 5.41) is 33.5. The van der Waals surface area contributed by atoms with Crippen molar-refractivity contribution in [2.75, 3.05) is 20.8 Å². The largest absolute Gasteiger partial charge is 0.497 e. The first-order chi connectivity index (χ1) is 10.7. The summed E-state index contributed by atoms with van der Waals surface area (Å²) in [4.78, 5) is 30.4. The molecule has 1 atom stereocenters. The van der Waals surface area contributed by atoms with Gasteiger partial charge in [-0.2, -0.15) is 0 Å². The minimum absolute atomic E-state index is 0.0422. The second kappa shape index (κ2) is 6.85. The molecule has 1 unspecified atom stereocenters. The predicted molar refractivity (Wildman–Crippen MR) is 76.5 cm³/mol. The van der Waals surface area contributed by atoms with Gasteiger partial charge < -0.3 is 9.47 Å². The summed E-state index contributed by atoms with van der Waals surface area (Å²) >= 11 is 0. The van der Waals surface area contributed by atoms with E-state index >= 15 is 0 Å². The van der Waals surface area contributed by atoms with Crippen molar-refractivity contribution in [1.82, 2.24) is 0 Å². The van der Waals surface area contributed by atoms with E-state index in [4.69, 9.17) is 9.47 Å². The highest BCUT2D eigenvalue weighted by atomic mass is 16.7. The van der Waals surface area contributed by atoms with Crippen molar-refractivity contribution in [3.63, 3.8) is 0 Å². The van der Waals surface area contributed by atoms with Crippen LogP contribution in [0.3, 0.4) is 0 Å². The second-order valence-electron chi connectivity index (χ2n) is 4.78. The van der Waals surface area contributed by atoms with E-state index in [-0.39, 0.29) is 17.1 Å². The van der Waals surface area contributed by atoms with Gasteiger partial charge in [-0.25, -0.2) is 0 Å². The van der Waals surface area contributed by atoms with E-state index in [1.807, 2.05) is 0 Å².